The van der Waals surface area contributed by atoms with Gasteiger partial charge in [0, 0.05) is 26.3 Å². The van der Waals surface area contributed by atoms with Crippen LogP contribution in [0.2, 0.25) is 0 Å². The van der Waals surface area contributed by atoms with Crippen LogP contribution in [0, 0.1) is 25.2 Å². The van der Waals surface area contributed by atoms with Crippen molar-refractivity contribution in [2.45, 2.75) is 39.5 Å². The third kappa shape index (κ3) is 4.64. The second-order valence-corrected chi connectivity index (χ2v) is 9.70. The fourth-order valence-corrected chi connectivity index (χ4v) is 5.66. The molecule has 0 saturated carbocycles. The summed E-state index contributed by atoms with van der Waals surface area (Å²) in [5.74, 6) is 0.276. The maximum Gasteiger partial charge on any atom is 0.277 e. The lowest BCUT2D eigenvalue weighted by atomic mass is 9.96. The number of thiophene rings is 1. The fraction of sp³-hybridized carbons (Fsp3) is 0.292. The summed E-state index contributed by atoms with van der Waals surface area (Å²) in [5, 5.41) is 14.9. The van der Waals surface area contributed by atoms with Gasteiger partial charge in [-0.3, -0.25) is 4.79 Å². The van der Waals surface area contributed by atoms with E-state index >= 15 is 0 Å². The number of ether oxygens (including phenoxy) is 1. The van der Waals surface area contributed by atoms with Crippen LogP contribution in [-0.2, 0) is 17.6 Å². The monoisotopic (exact) mass is 510 g/mol. The first-order valence-electron chi connectivity index (χ1n) is 10.4. The third-order valence-electron chi connectivity index (χ3n) is 5.51. The zero-order chi connectivity index (χ0) is 22.7. The van der Waals surface area contributed by atoms with Gasteiger partial charge in [0.2, 0.25) is 0 Å². The smallest absolute Gasteiger partial charge is 0.277 e. The van der Waals surface area contributed by atoms with Crippen molar-refractivity contribution in [3.8, 4) is 16.8 Å². The van der Waals surface area contributed by atoms with Crippen molar-refractivity contribution >= 4 is 39.4 Å². The summed E-state index contributed by atoms with van der Waals surface area (Å²) in [6.07, 6.45) is 6.00. The highest BCUT2D eigenvalue weighted by atomic mass is 79.9. The van der Waals surface area contributed by atoms with E-state index in [9.17, 15) is 10.1 Å². The molecule has 1 N–H and O–H groups in total. The Hall–Kier alpha value is -2.89. The molecule has 1 aliphatic carbocycles. The highest BCUT2D eigenvalue weighted by Crippen LogP contribution is 2.38. The molecule has 0 bridgehead atoms. The molecule has 0 saturated heterocycles. The molecule has 1 amide bonds. The Morgan fingerprint density at radius 2 is 2.06 bits per heavy atom. The Labute approximate surface area is 199 Å². The van der Waals surface area contributed by atoms with E-state index in [0.29, 0.717) is 5.75 Å². The molecule has 0 spiro atoms. The van der Waals surface area contributed by atoms with Crippen molar-refractivity contribution in [3.05, 3.63) is 67.8 Å². The SMILES string of the molecule is Cc1cc(/C=N/NC(=O)COc2ccc(Br)cc2)c(C)n1-c1sc2c(c1C#N)CCCC2. The van der Waals surface area contributed by atoms with Crippen molar-refractivity contribution in [1.82, 2.24) is 9.99 Å². The second kappa shape index (κ2) is 9.72. The van der Waals surface area contributed by atoms with Crippen molar-refractivity contribution in [2.75, 3.05) is 6.61 Å². The summed E-state index contributed by atoms with van der Waals surface area (Å²) in [6, 6.07) is 11.7. The largest absolute Gasteiger partial charge is 0.484 e. The minimum absolute atomic E-state index is 0.121. The molecule has 3 aromatic rings. The first-order chi connectivity index (χ1) is 15.5. The van der Waals surface area contributed by atoms with Gasteiger partial charge in [-0.25, -0.2) is 5.43 Å². The number of aromatic nitrogens is 1. The standard InChI is InChI=1S/C24H23BrN4O2S/c1-15-11-17(13-27-28-23(30)14-31-19-9-7-18(25)8-10-19)16(2)29(15)24-21(12-26)20-5-3-4-6-22(20)32-24/h7-11,13H,3-6,14H2,1-2H3,(H,28,30)/b27-13+. The lowest BCUT2D eigenvalue weighted by molar-refractivity contribution is -0.123. The number of fused-ring (bicyclic) bond motifs is 1. The zero-order valence-corrected chi connectivity index (χ0v) is 20.3. The second-order valence-electron chi connectivity index (χ2n) is 7.70. The number of carbonyl (C=O) groups excluding carboxylic acids is 1. The quantitative estimate of drug-likeness (QED) is 0.365. The Balaban J connectivity index is 1.46. The van der Waals surface area contributed by atoms with E-state index < -0.39 is 0 Å². The predicted molar refractivity (Wildman–Crippen MR) is 130 cm³/mol. The van der Waals surface area contributed by atoms with Crippen LogP contribution in [0.1, 0.15) is 45.8 Å². The molecule has 1 aliphatic rings. The molecule has 0 radical (unpaired) electrons. The Bertz CT molecular complexity index is 1220. The molecule has 2 aromatic heterocycles. The van der Waals surface area contributed by atoms with Crippen LogP contribution in [0.25, 0.3) is 5.00 Å². The number of amides is 1. The number of halogens is 1. The maximum atomic E-state index is 12.0. The number of hydrogen-bond donors (Lipinski definition) is 1. The highest BCUT2D eigenvalue weighted by Gasteiger charge is 2.23. The van der Waals surface area contributed by atoms with Gasteiger partial charge in [-0.15, -0.1) is 11.3 Å². The summed E-state index contributed by atoms with van der Waals surface area (Å²) in [6.45, 7) is 3.91. The highest BCUT2D eigenvalue weighted by molar-refractivity contribution is 9.10. The topological polar surface area (TPSA) is 79.4 Å². The zero-order valence-electron chi connectivity index (χ0n) is 17.9. The predicted octanol–water partition coefficient (Wildman–Crippen LogP) is 5.20. The van der Waals surface area contributed by atoms with E-state index in [-0.39, 0.29) is 12.5 Å². The van der Waals surface area contributed by atoms with Gasteiger partial charge in [0.15, 0.2) is 6.61 Å². The molecular formula is C24H23BrN4O2S. The molecule has 1 aromatic carbocycles. The van der Waals surface area contributed by atoms with Gasteiger partial charge in [0.05, 0.1) is 11.8 Å². The number of benzene rings is 1. The average molecular weight is 511 g/mol. The maximum absolute atomic E-state index is 12.0. The number of hydrogen-bond acceptors (Lipinski definition) is 5. The van der Waals surface area contributed by atoms with Crippen LogP contribution in [0.15, 0.2) is 39.9 Å². The van der Waals surface area contributed by atoms with E-state index in [1.165, 1.54) is 16.9 Å². The van der Waals surface area contributed by atoms with Crippen LogP contribution < -0.4 is 10.2 Å². The summed E-state index contributed by atoms with van der Waals surface area (Å²) in [4.78, 5) is 13.4. The van der Waals surface area contributed by atoms with Gasteiger partial charge < -0.3 is 9.30 Å². The number of nitriles is 1. The van der Waals surface area contributed by atoms with Crippen LogP contribution in [-0.4, -0.2) is 23.3 Å². The van der Waals surface area contributed by atoms with E-state index in [4.69, 9.17) is 4.74 Å². The lowest BCUT2D eigenvalue weighted by Crippen LogP contribution is -2.24. The molecule has 4 rings (SSSR count). The summed E-state index contributed by atoms with van der Waals surface area (Å²) < 4.78 is 8.53. The van der Waals surface area contributed by atoms with Crippen LogP contribution in [0.5, 0.6) is 5.75 Å². The molecule has 0 fully saturated rings. The van der Waals surface area contributed by atoms with Crippen LogP contribution in [0.4, 0.5) is 0 Å². The number of aryl methyl sites for hydroxylation is 2. The van der Waals surface area contributed by atoms with Gasteiger partial charge in [0.25, 0.3) is 5.91 Å². The summed E-state index contributed by atoms with van der Waals surface area (Å²) in [7, 11) is 0. The van der Waals surface area contributed by atoms with E-state index in [1.807, 2.05) is 32.0 Å². The molecule has 0 aliphatic heterocycles. The van der Waals surface area contributed by atoms with E-state index in [2.05, 4.69) is 37.1 Å². The molecule has 2 heterocycles. The molecule has 8 heteroatoms. The van der Waals surface area contributed by atoms with Gasteiger partial charge in [-0.1, -0.05) is 15.9 Å². The number of hydrazone groups is 1. The van der Waals surface area contributed by atoms with Gasteiger partial charge in [0.1, 0.15) is 16.8 Å². The lowest BCUT2D eigenvalue weighted by Gasteiger charge is -2.10. The van der Waals surface area contributed by atoms with Crippen molar-refractivity contribution in [1.29, 1.82) is 5.26 Å². The first kappa shape index (κ1) is 22.3. The number of nitrogens with one attached hydrogen (secondary N) is 1. The Morgan fingerprint density at radius 1 is 1.31 bits per heavy atom. The summed E-state index contributed by atoms with van der Waals surface area (Å²) in [5.41, 5.74) is 7.44. The molecule has 0 atom stereocenters. The molecule has 6 nitrogen and oxygen atoms in total. The normalized spacial score (nSPS) is 13.1. The molecule has 0 unspecified atom stereocenters. The Kier molecular flexibility index (Phi) is 6.77. The van der Waals surface area contributed by atoms with Crippen LogP contribution >= 0.6 is 27.3 Å². The fourth-order valence-electron chi connectivity index (χ4n) is 3.94. The third-order valence-corrected chi connectivity index (χ3v) is 7.32. The van der Waals surface area contributed by atoms with Crippen molar-refractivity contribution in [2.24, 2.45) is 5.10 Å². The summed E-state index contributed by atoms with van der Waals surface area (Å²) >= 11 is 5.08. The number of nitrogens with zero attached hydrogens (tertiary/aromatic N) is 3. The van der Waals surface area contributed by atoms with E-state index in [1.54, 1.807) is 29.7 Å². The molecule has 32 heavy (non-hydrogen) atoms. The van der Waals surface area contributed by atoms with Crippen molar-refractivity contribution in [3.63, 3.8) is 0 Å². The van der Waals surface area contributed by atoms with Gasteiger partial charge in [-0.2, -0.15) is 10.4 Å². The molecular weight excluding hydrogens is 488 g/mol. The van der Waals surface area contributed by atoms with Gasteiger partial charge >= 0.3 is 0 Å². The molecule has 164 valence electrons. The minimum atomic E-state index is -0.337. The van der Waals surface area contributed by atoms with Crippen LogP contribution in [0.3, 0.4) is 0 Å². The number of rotatable bonds is 6. The number of carbonyl (C=O) groups is 1. The average Bonchev–Trinajstić information content (AvgIpc) is 3.29. The minimum Gasteiger partial charge on any atom is -0.484 e. The van der Waals surface area contributed by atoms with Crippen molar-refractivity contribution < 1.29 is 9.53 Å². The first-order valence-corrected chi connectivity index (χ1v) is 12.0. The van der Waals surface area contributed by atoms with Gasteiger partial charge in [-0.05, 0) is 75.4 Å². The Morgan fingerprint density at radius 3 is 2.81 bits per heavy atom. The van der Waals surface area contributed by atoms with E-state index in [0.717, 1.165) is 51.3 Å².